The molecule has 0 spiro atoms. The Balaban J connectivity index is 1.78. The monoisotopic (exact) mass is 251 g/mol. The van der Waals surface area contributed by atoms with Gasteiger partial charge in [0.25, 0.3) is 0 Å². The van der Waals surface area contributed by atoms with Gasteiger partial charge in [-0.25, -0.2) is 0 Å². The van der Waals surface area contributed by atoms with Crippen LogP contribution in [0, 0.1) is 0 Å². The van der Waals surface area contributed by atoms with E-state index in [0.29, 0.717) is 12.3 Å². The van der Waals surface area contributed by atoms with Gasteiger partial charge >= 0.3 is 7.48 Å². The van der Waals surface area contributed by atoms with Crippen LogP contribution in [0.5, 0.6) is 5.75 Å². The van der Waals surface area contributed by atoms with Crippen molar-refractivity contribution in [2.45, 2.75) is 6.61 Å². The Bertz CT molecular complexity index is 676. The van der Waals surface area contributed by atoms with E-state index in [9.17, 15) is 0 Å². The van der Waals surface area contributed by atoms with Crippen LogP contribution in [0.1, 0.15) is 5.56 Å². The van der Waals surface area contributed by atoms with Crippen molar-refractivity contribution in [1.29, 1.82) is 0 Å². The highest BCUT2D eigenvalue weighted by Gasteiger charge is 2.05. The van der Waals surface area contributed by atoms with Crippen molar-refractivity contribution in [3.63, 3.8) is 0 Å². The maximum atomic E-state index is 8.92. The lowest BCUT2D eigenvalue weighted by Gasteiger charge is -2.05. The second kappa shape index (κ2) is 5.20. The smallest absolute Gasteiger partial charge is 0.373 e. The average molecular weight is 251 g/mol. The lowest BCUT2D eigenvalue weighted by molar-refractivity contribution is 0.306. The molecular formula is C15H12BO3. The van der Waals surface area contributed by atoms with E-state index >= 15 is 0 Å². The molecule has 0 aliphatic rings. The van der Waals surface area contributed by atoms with Gasteiger partial charge in [0.15, 0.2) is 0 Å². The first-order valence-electron chi connectivity index (χ1n) is 6.03. The number of ether oxygens (including phenoxy) is 1. The highest BCUT2D eigenvalue weighted by Crippen LogP contribution is 2.17. The van der Waals surface area contributed by atoms with Crippen molar-refractivity contribution < 1.29 is 14.2 Å². The van der Waals surface area contributed by atoms with Crippen molar-refractivity contribution >= 4 is 24.1 Å². The minimum Gasteiger partial charge on any atom is -0.489 e. The lowest BCUT2D eigenvalue weighted by atomic mass is 9.98. The Morgan fingerprint density at radius 1 is 1.05 bits per heavy atom. The molecule has 0 bridgehead atoms. The fourth-order valence-electron chi connectivity index (χ4n) is 1.95. The molecule has 0 aliphatic carbocycles. The summed E-state index contributed by atoms with van der Waals surface area (Å²) in [6.07, 6.45) is 0. The van der Waals surface area contributed by atoms with Crippen molar-refractivity contribution in [2.24, 2.45) is 0 Å². The summed E-state index contributed by atoms with van der Waals surface area (Å²) >= 11 is 0. The van der Waals surface area contributed by atoms with E-state index in [-0.39, 0.29) is 0 Å². The molecule has 0 unspecified atom stereocenters. The second-order valence-corrected chi connectivity index (χ2v) is 4.25. The minimum absolute atomic E-state index is 0.455. The van der Waals surface area contributed by atoms with Crippen LogP contribution in [0.2, 0.25) is 0 Å². The zero-order chi connectivity index (χ0) is 13.1. The van der Waals surface area contributed by atoms with Crippen LogP contribution >= 0.6 is 0 Å². The normalized spacial score (nSPS) is 10.6. The van der Waals surface area contributed by atoms with Crippen molar-refractivity contribution in [1.82, 2.24) is 0 Å². The molecule has 1 radical (unpaired) electrons. The first kappa shape index (κ1) is 11.9. The van der Waals surface area contributed by atoms with E-state index in [1.165, 1.54) is 0 Å². The van der Waals surface area contributed by atoms with E-state index in [1.54, 1.807) is 6.07 Å². The van der Waals surface area contributed by atoms with Gasteiger partial charge in [-0.1, -0.05) is 24.3 Å². The molecule has 1 heterocycles. The van der Waals surface area contributed by atoms with Crippen molar-refractivity contribution in [3.8, 4) is 5.75 Å². The molecule has 0 aliphatic heterocycles. The molecule has 1 N–H and O–H groups in total. The molecule has 1 aromatic heterocycles. The zero-order valence-corrected chi connectivity index (χ0v) is 10.2. The predicted molar refractivity (Wildman–Crippen MR) is 74.6 cm³/mol. The molecule has 19 heavy (non-hydrogen) atoms. The summed E-state index contributed by atoms with van der Waals surface area (Å²) in [5.41, 5.74) is 2.27. The van der Waals surface area contributed by atoms with E-state index in [1.807, 2.05) is 48.5 Å². The highest BCUT2D eigenvalue weighted by molar-refractivity contribution is 6.44. The van der Waals surface area contributed by atoms with Crippen LogP contribution in [-0.2, 0) is 6.61 Å². The van der Waals surface area contributed by atoms with Gasteiger partial charge in [0.05, 0.1) is 5.66 Å². The number of hydrogen-bond acceptors (Lipinski definition) is 3. The fraction of sp³-hybridized carbons (Fsp3) is 0.0667. The molecule has 3 aromatic rings. The molecule has 2 aromatic carbocycles. The Hall–Kier alpha value is -2.20. The Morgan fingerprint density at radius 3 is 2.68 bits per heavy atom. The van der Waals surface area contributed by atoms with E-state index in [4.69, 9.17) is 14.2 Å². The van der Waals surface area contributed by atoms with Gasteiger partial charge in [0.1, 0.15) is 17.9 Å². The summed E-state index contributed by atoms with van der Waals surface area (Å²) in [7, 11) is 0.958. The number of hydrogen-bond donors (Lipinski definition) is 1. The molecule has 0 fully saturated rings. The van der Waals surface area contributed by atoms with Gasteiger partial charge in [-0.05, 0) is 35.9 Å². The fourth-order valence-corrected chi connectivity index (χ4v) is 1.95. The van der Waals surface area contributed by atoms with Gasteiger partial charge in [-0.15, -0.1) is 0 Å². The van der Waals surface area contributed by atoms with Crippen molar-refractivity contribution in [2.75, 3.05) is 0 Å². The standard InChI is InChI=1S/C15H12BO3/c17-16-15-9-12-8-11(6-7-14(12)19-15)10-18-13-4-2-1-3-5-13/h1-9,17H,10H2. The molecule has 3 rings (SSSR count). The van der Waals surface area contributed by atoms with Gasteiger partial charge in [-0.3, -0.25) is 0 Å². The third-order valence-corrected chi connectivity index (χ3v) is 2.88. The topological polar surface area (TPSA) is 42.6 Å². The van der Waals surface area contributed by atoms with Crippen LogP contribution < -0.4 is 10.4 Å². The Kier molecular flexibility index (Phi) is 3.25. The van der Waals surface area contributed by atoms with E-state index < -0.39 is 0 Å². The van der Waals surface area contributed by atoms with Crippen LogP contribution in [-0.4, -0.2) is 12.5 Å². The van der Waals surface area contributed by atoms with Gasteiger partial charge < -0.3 is 14.2 Å². The number of para-hydroxylation sites is 1. The molecule has 0 saturated heterocycles. The number of furan rings is 1. The van der Waals surface area contributed by atoms with Gasteiger partial charge in [0, 0.05) is 5.39 Å². The predicted octanol–water partition coefficient (Wildman–Crippen LogP) is 2.25. The maximum absolute atomic E-state index is 8.92. The molecule has 0 saturated carbocycles. The average Bonchev–Trinajstić information content (AvgIpc) is 2.88. The number of benzene rings is 2. The maximum Gasteiger partial charge on any atom is 0.373 e. The molecular weight excluding hydrogens is 239 g/mol. The van der Waals surface area contributed by atoms with E-state index in [2.05, 4.69) is 0 Å². The second-order valence-electron chi connectivity index (χ2n) is 4.25. The first-order valence-corrected chi connectivity index (χ1v) is 6.03. The quantitative estimate of drug-likeness (QED) is 0.723. The van der Waals surface area contributed by atoms with Gasteiger partial charge in [-0.2, -0.15) is 0 Å². The largest absolute Gasteiger partial charge is 0.489 e. The summed E-state index contributed by atoms with van der Waals surface area (Å²) in [6, 6.07) is 17.3. The molecule has 4 heteroatoms. The summed E-state index contributed by atoms with van der Waals surface area (Å²) < 4.78 is 11.1. The van der Waals surface area contributed by atoms with Crippen molar-refractivity contribution in [3.05, 3.63) is 60.2 Å². The summed E-state index contributed by atoms with van der Waals surface area (Å²) in [5, 5.41) is 9.87. The molecule has 93 valence electrons. The summed E-state index contributed by atoms with van der Waals surface area (Å²) in [6.45, 7) is 0.503. The van der Waals surface area contributed by atoms with Crippen LogP contribution in [0.25, 0.3) is 11.0 Å². The van der Waals surface area contributed by atoms with Crippen LogP contribution in [0.15, 0.2) is 59.0 Å². The SMILES string of the molecule is O[B]c1cc2cc(COc3ccccc3)ccc2o1. The highest BCUT2D eigenvalue weighted by atomic mass is 16.5. The summed E-state index contributed by atoms with van der Waals surface area (Å²) in [4.78, 5) is 0. The molecule has 0 atom stereocenters. The van der Waals surface area contributed by atoms with Crippen LogP contribution in [0.3, 0.4) is 0 Å². The van der Waals surface area contributed by atoms with Crippen LogP contribution in [0.4, 0.5) is 0 Å². The first-order chi connectivity index (χ1) is 9.35. The Morgan fingerprint density at radius 2 is 1.89 bits per heavy atom. The third kappa shape index (κ3) is 2.64. The van der Waals surface area contributed by atoms with Gasteiger partial charge in [0.2, 0.25) is 0 Å². The number of rotatable bonds is 4. The zero-order valence-electron chi connectivity index (χ0n) is 10.2. The number of fused-ring (bicyclic) bond motifs is 1. The van der Waals surface area contributed by atoms with E-state index in [0.717, 1.165) is 29.8 Å². The third-order valence-electron chi connectivity index (χ3n) is 2.88. The molecule has 3 nitrogen and oxygen atoms in total. The Labute approximate surface area is 111 Å². The lowest BCUT2D eigenvalue weighted by Crippen LogP contribution is -2.08. The molecule has 0 amide bonds. The minimum atomic E-state index is 0.455. The summed E-state index contributed by atoms with van der Waals surface area (Å²) in [5.74, 6) is 0.846.